The number of hydrogen-bond donors (Lipinski definition) is 1. The zero-order valence-electron chi connectivity index (χ0n) is 8.91. The quantitative estimate of drug-likeness (QED) is 0.726. The highest BCUT2D eigenvalue weighted by atomic mass is 16.5. The lowest BCUT2D eigenvalue weighted by molar-refractivity contribution is 0.0518. The van der Waals surface area contributed by atoms with Crippen molar-refractivity contribution in [1.82, 2.24) is 10.2 Å². The van der Waals surface area contributed by atoms with Crippen LogP contribution in [0.2, 0.25) is 0 Å². The minimum Gasteiger partial charge on any atom is -0.461 e. The number of aromatic amines is 1. The van der Waals surface area contributed by atoms with Crippen LogP contribution in [0.1, 0.15) is 24.3 Å². The Morgan fingerprint density at radius 3 is 2.93 bits per heavy atom. The van der Waals surface area contributed by atoms with Crippen LogP contribution in [0.4, 0.5) is 0 Å². The fourth-order valence-corrected chi connectivity index (χ4v) is 1.26. The summed E-state index contributed by atoms with van der Waals surface area (Å²) in [6.07, 6.45) is 5.20. The summed E-state index contributed by atoms with van der Waals surface area (Å²) in [5, 5.41) is 8.17. The summed E-state index contributed by atoms with van der Waals surface area (Å²) >= 11 is 0. The fraction of sp³-hybridized carbons (Fsp3) is 0.273. The Labute approximate surface area is 88.0 Å². The van der Waals surface area contributed by atoms with Gasteiger partial charge < -0.3 is 4.74 Å². The minimum atomic E-state index is -0.412. The van der Waals surface area contributed by atoms with Crippen molar-refractivity contribution < 1.29 is 9.53 Å². The molecule has 1 rings (SSSR count). The van der Waals surface area contributed by atoms with Crippen LogP contribution in [0.3, 0.4) is 0 Å². The molecule has 4 nitrogen and oxygen atoms in total. The molecule has 1 aromatic heterocycles. The number of H-pyrrole nitrogens is 1. The molecule has 4 heteroatoms. The van der Waals surface area contributed by atoms with Gasteiger partial charge in [-0.15, -0.1) is 0 Å². The second-order valence-corrected chi connectivity index (χ2v) is 2.81. The monoisotopic (exact) mass is 206 g/mol. The molecule has 0 fully saturated rings. The topological polar surface area (TPSA) is 55.0 Å². The maximum atomic E-state index is 11.5. The third-order valence-corrected chi connectivity index (χ3v) is 1.88. The highest BCUT2D eigenvalue weighted by Gasteiger charge is 2.11. The number of nitrogens with one attached hydrogen (secondary N) is 1. The van der Waals surface area contributed by atoms with E-state index < -0.39 is 5.97 Å². The number of aromatic nitrogens is 2. The molecule has 1 aromatic rings. The largest absolute Gasteiger partial charge is 0.461 e. The molecule has 80 valence electrons. The summed E-state index contributed by atoms with van der Waals surface area (Å²) in [5.41, 5.74) is 0.312. The molecule has 0 saturated heterocycles. The van der Waals surface area contributed by atoms with Gasteiger partial charge in [-0.05, 0) is 19.9 Å². The second-order valence-electron chi connectivity index (χ2n) is 2.81. The van der Waals surface area contributed by atoms with E-state index in [1.54, 1.807) is 19.1 Å². The number of carbonyl (C=O) groups is 1. The molecule has 0 atom stereocenters. The van der Waals surface area contributed by atoms with Gasteiger partial charge in [0.25, 0.3) is 0 Å². The first-order valence-electron chi connectivity index (χ1n) is 4.75. The van der Waals surface area contributed by atoms with E-state index in [1.165, 1.54) is 0 Å². The van der Waals surface area contributed by atoms with Crippen molar-refractivity contribution in [2.24, 2.45) is 0 Å². The molecule has 0 aromatic carbocycles. The number of allylic oxidation sites excluding steroid dienone is 1. The summed E-state index contributed by atoms with van der Waals surface area (Å²) in [4.78, 5) is 11.5. The van der Waals surface area contributed by atoms with E-state index in [0.29, 0.717) is 12.3 Å². The molecule has 0 saturated carbocycles. The molecule has 0 radical (unpaired) electrons. The van der Waals surface area contributed by atoms with Crippen molar-refractivity contribution in [1.29, 1.82) is 0 Å². The predicted molar refractivity (Wildman–Crippen MR) is 58.6 cm³/mol. The van der Waals surface area contributed by atoms with E-state index in [-0.39, 0.29) is 0 Å². The molecule has 15 heavy (non-hydrogen) atoms. The number of ether oxygens (including phenoxy) is 1. The van der Waals surface area contributed by atoms with Gasteiger partial charge in [-0.3, -0.25) is 5.10 Å². The van der Waals surface area contributed by atoms with Crippen molar-refractivity contribution in [3.05, 3.63) is 28.9 Å². The first kappa shape index (κ1) is 11.2. The summed E-state index contributed by atoms with van der Waals surface area (Å²) in [6, 6.07) is 0. The number of nitrogens with zero attached hydrogens (tertiary/aromatic N) is 1. The van der Waals surface area contributed by atoms with E-state index in [1.807, 2.05) is 13.0 Å². The third kappa shape index (κ3) is 2.34. The summed E-state index contributed by atoms with van der Waals surface area (Å²) in [6.45, 7) is 7.53. The van der Waals surface area contributed by atoms with E-state index in [0.717, 1.165) is 10.6 Å². The zero-order chi connectivity index (χ0) is 11.3. The molecule has 1 heterocycles. The van der Waals surface area contributed by atoms with Crippen molar-refractivity contribution in [2.75, 3.05) is 6.61 Å². The number of hydrogen-bond acceptors (Lipinski definition) is 3. The van der Waals surface area contributed by atoms with E-state index >= 15 is 0 Å². The van der Waals surface area contributed by atoms with Gasteiger partial charge in [0.2, 0.25) is 0 Å². The van der Waals surface area contributed by atoms with Crippen molar-refractivity contribution in [3.63, 3.8) is 0 Å². The van der Waals surface area contributed by atoms with E-state index in [4.69, 9.17) is 4.74 Å². The normalized spacial score (nSPS) is 12.9. The number of rotatable bonds is 3. The second kappa shape index (κ2) is 5.14. The Morgan fingerprint density at radius 1 is 1.67 bits per heavy atom. The Kier molecular flexibility index (Phi) is 3.85. The van der Waals surface area contributed by atoms with E-state index in [9.17, 15) is 4.79 Å². The third-order valence-electron chi connectivity index (χ3n) is 1.88. The van der Waals surface area contributed by atoms with Crippen LogP contribution in [0, 0.1) is 0 Å². The van der Waals surface area contributed by atoms with E-state index in [2.05, 4.69) is 16.8 Å². The predicted octanol–water partition coefficient (Wildman–Crippen LogP) is 0.353. The van der Waals surface area contributed by atoms with Crippen LogP contribution < -0.4 is 10.6 Å². The summed E-state index contributed by atoms with van der Waals surface area (Å²) in [5.74, 6) is -0.412. The number of esters is 1. The van der Waals surface area contributed by atoms with Crippen LogP contribution in [-0.2, 0) is 4.74 Å². The van der Waals surface area contributed by atoms with Crippen molar-refractivity contribution in [2.45, 2.75) is 13.8 Å². The Morgan fingerprint density at radius 2 is 2.40 bits per heavy atom. The molecule has 0 unspecified atom stereocenters. The zero-order valence-corrected chi connectivity index (χ0v) is 8.91. The molecule has 0 bridgehead atoms. The molecular weight excluding hydrogens is 192 g/mol. The van der Waals surface area contributed by atoms with Gasteiger partial charge in [0, 0.05) is 5.22 Å². The van der Waals surface area contributed by atoms with Gasteiger partial charge in [0.05, 0.1) is 12.0 Å². The molecule has 1 N–H and O–H groups in total. The maximum absolute atomic E-state index is 11.5. The Bertz CT molecular complexity index is 471. The van der Waals surface area contributed by atoms with Crippen LogP contribution in [-0.4, -0.2) is 22.8 Å². The smallest absolute Gasteiger partial charge is 0.359 e. The van der Waals surface area contributed by atoms with Crippen LogP contribution in [0.5, 0.6) is 0 Å². The lowest BCUT2D eigenvalue weighted by atomic mass is 10.3. The Hall–Kier alpha value is -1.84. The Balaban J connectivity index is 3.28. The average molecular weight is 206 g/mol. The van der Waals surface area contributed by atoms with Crippen molar-refractivity contribution in [3.8, 4) is 0 Å². The molecule has 0 amide bonds. The molecule has 0 aliphatic carbocycles. The highest BCUT2D eigenvalue weighted by Crippen LogP contribution is 1.87. The average Bonchev–Trinajstić information content (AvgIpc) is 2.62. The van der Waals surface area contributed by atoms with Gasteiger partial charge in [0.1, 0.15) is 0 Å². The van der Waals surface area contributed by atoms with Crippen LogP contribution in [0.15, 0.2) is 12.7 Å². The summed E-state index contributed by atoms with van der Waals surface area (Å²) < 4.78 is 4.88. The molecule has 0 aliphatic rings. The van der Waals surface area contributed by atoms with Gasteiger partial charge in [-0.2, -0.15) is 5.10 Å². The van der Waals surface area contributed by atoms with Crippen LogP contribution in [0.25, 0.3) is 12.2 Å². The van der Waals surface area contributed by atoms with Crippen molar-refractivity contribution >= 4 is 18.1 Å². The standard InChI is InChI=1S/C11H14N2O2/c1-4-7-9-8(5-2)10(13-12-9)11(14)15-6-3/h4-5,7,12H,1,6H2,2-3H3/b8-5+,9-7+. The first-order valence-corrected chi connectivity index (χ1v) is 4.75. The van der Waals surface area contributed by atoms with Gasteiger partial charge >= 0.3 is 5.97 Å². The maximum Gasteiger partial charge on any atom is 0.359 e. The highest BCUT2D eigenvalue weighted by molar-refractivity contribution is 5.87. The number of carbonyl (C=O) groups excluding carboxylic acids is 1. The van der Waals surface area contributed by atoms with Crippen LogP contribution >= 0.6 is 0 Å². The lowest BCUT2D eigenvalue weighted by Crippen LogP contribution is -2.27. The SMILES string of the molecule is C=C/C=c1/[nH]nc(C(=O)OCC)/c1=C/C. The van der Waals surface area contributed by atoms with Gasteiger partial charge in [-0.1, -0.05) is 18.7 Å². The van der Waals surface area contributed by atoms with Gasteiger partial charge in [0.15, 0.2) is 5.69 Å². The lowest BCUT2D eigenvalue weighted by Gasteiger charge is -1.96. The molecule has 0 aliphatic heterocycles. The molecule has 0 spiro atoms. The molecular formula is C11H14N2O2. The fourth-order valence-electron chi connectivity index (χ4n) is 1.26. The van der Waals surface area contributed by atoms with Gasteiger partial charge in [-0.25, -0.2) is 4.79 Å². The summed E-state index contributed by atoms with van der Waals surface area (Å²) in [7, 11) is 0. The minimum absolute atomic E-state index is 0.312. The first-order chi connectivity index (χ1) is 7.24.